The van der Waals surface area contributed by atoms with E-state index in [1.165, 1.54) is 16.2 Å². The molecule has 0 atom stereocenters. The Morgan fingerprint density at radius 1 is 1.13 bits per heavy atom. The molecule has 6 nitrogen and oxygen atoms in total. The molecule has 4 aromatic rings. The van der Waals surface area contributed by atoms with Gasteiger partial charge in [0.2, 0.25) is 0 Å². The fourth-order valence-electron chi connectivity index (χ4n) is 3.36. The number of thiophene rings is 1. The number of oxazole rings is 1. The first kappa shape index (κ1) is 18.6. The number of carbonyl (C=O) groups is 2. The first-order chi connectivity index (χ1) is 14.6. The lowest BCUT2D eigenvalue weighted by Gasteiger charge is -2.19. The van der Waals surface area contributed by atoms with Crippen LogP contribution in [-0.2, 0) is 0 Å². The van der Waals surface area contributed by atoms with Crippen LogP contribution in [0.25, 0.3) is 11.1 Å². The van der Waals surface area contributed by atoms with E-state index in [0.29, 0.717) is 27.7 Å². The first-order valence-electron chi connectivity index (χ1n) is 9.72. The number of fused-ring (bicyclic) bond motifs is 1. The van der Waals surface area contributed by atoms with Crippen molar-refractivity contribution in [2.24, 2.45) is 0 Å². The summed E-state index contributed by atoms with van der Waals surface area (Å²) < 4.78 is 5.78. The van der Waals surface area contributed by atoms with Crippen molar-refractivity contribution in [2.45, 2.75) is 18.8 Å². The Kier molecular flexibility index (Phi) is 4.59. The normalized spacial score (nSPS) is 13.4. The molecule has 0 spiro atoms. The van der Waals surface area contributed by atoms with E-state index in [4.69, 9.17) is 4.42 Å². The van der Waals surface area contributed by atoms with Crippen LogP contribution >= 0.6 is 11.3 Å². The van der Waals surface area contributed by atoms with Crippen LogP contribution in [0.3, 0.4) is 0 Å². The number of benzene rings is 2. The summed E-state index contributed by atoms with van der Waals surface area (Å²) >= 11 is 1.37. The van der Waals surface area contributed by atoms with Crippen molar-refractivity contribution in [2.75, 3.05) is 17.3 Å². The number of aromatic nitrogens is 1. The fraction of sp³-hybridized carbons (Fsp3) is 0.174. The molecule has 7 heteroatoms. The van der Waals surface area contributed by atoms with E-state index in [1.54, 1.807) is 37.4 Å². The number of anilines is 2. The second kappa shape index (κ2) is 7.42. The number of nitrogens with zero attached hydrogens (tertiary/aromatic N) is 2. The van der Waals surface area contributed by atoms with Crippen LogP contribution < -0.4 is 10.2 Å². The van der Waals surface area contributed by atoms with Crippen molar-refractivity contribution < 1.29 is 14.0 Å². The topological polar surface area (TPSA) is 75.4 Å². The van der Waals surface area contributed by atoms with E-state index in [0.717, 1.165) is 29.8 Å². The van der Waals surface area contributed by atoms with Crippen LogP contribution in [0, 0.1) is 0 Å². The van der Waals surface area contributed by atoms with Gasteiger partial charge < -0.3 is 14.6 Å². The molecule has 1 N–H and O–H groups in total. The molecule has 2 aromatic carbocycles. The molecule has 2 amide bonds. The monoisotopic (exact) mass is 417 g/mol. The average molecular weight is 417 g/mol. The Hall–Kier alpha value is -3.45. The minimum atomic E-state index is -0.290. The van der Waals surface area contributed by atoms with Gasteiger partial charge in [0.15, 0.2) is 11.5 Å². The van der Waals surface area contributed by atoms with Crippen molar-refractivity contribution in [1.82, 2.24) is 4.98 Å². The number of amides is 2. The minimum absolute atomic E-state index is 0.151. The number of carbonyl (C=O) groups excluding carboxylic acids is 2. The van der Waals surface area contributed by atoms with Gasteiger partial charge in [-0.1, -0.05) is 18.2 Å². The van der Waals surface area contributed by atoms with E-state index in [9.17, 15) is 9.59 Å². The van der Waals surface area contributed by atoms with E-state index < -0.39 is 0 Å². The highest BCUT2D eigenvalue weighted by molar-refractivity contribution is 7.12. The lowest BCUT2D eigenvalue weighted by atomic mass is 10.1. The number of hydrogen-bond acceptors (Lipinski definition) is 5. The van der Waals surface area contributed by atoms with Crippen LogP contribution in [0.4, 0.5) is 11.4 Å². The van der Waals surface area contributed by atoms with E-state index in [2.05, 4.69) is 10.3 Å². The van der Waals surface area contributed by atoms with Gasteiger partial charge in [-0.15, -0.1) is 11.3 Å². The number of hydrogen-bond donors (Lipinski definition) is 1. The van der Waals surface area contributed by atoms with Gasteiger partial charge >= 0.3 is 0 Å². The third-order valence-electron chi connectivity index (χ3n) is 5.14. The van der Waals surface area contributed by atoms with Crippen LogP contribution in [0.1, 0.15) is 44.7 Å². The highest BCUT2D eigenvalue weighted by Gasteiger charge is 2.29. The van der Waals surface area contributed by atoms with Gasteiger partial charge in [0.1, 0.15) is 5.52 Å². The molecule has 1 saturated carbocycles. The number of para-hydroxylation sites is 1. The predicted molar refractivity (Wildman–Crippen MR) is 117 cm³/mol. The molecule has 0 unspecified atom stereocenters. The highest BCUT2D eigenvalue weighted by Crippen LogP contribution is 2.40. The molecule has 0 saturated heterocycles. The summed E-state index contributed by atoms with van der Waals surface area (Å²) in [6.07, 6.45) is 2.23. The lowest BCUT2D eigenvalue weighted by molar-refractivity contribution is 0.0996. The number of rotatable bonds is 5. The Bertz CT molecular complexity index is 1240. The maximum absolute atomic E-state index is 13.0. The summed E-state index contributed by atoms with van der Waals surface area (Å²) in [5.41, 5.74) is 3.05. The zero-order chi connectivity index (χ0) is 20.7. The van der Waals surface area contributed by atoms with Gasteiger partial charge in [0, 0.05) is 18.7 Å². The van der Waals surface area contributed by atoms with Crippen molar-refractivity contribution in [3.8, 4) is 0 Å². The summed E-state index contributed by atoms with van der Waals surface area (Å²) in [5.74, 6) is 0.759. The number of nitrogens with one attached hydrogen (secondary N) is 1. The van der Waals surface area contributed by atoms with Gasteiger partial charge in [-0.2, -0.15) is 0 Å². The van der Waals surface area contributed by atoms with E-state index in [1.807, 2.05) is 29.6 Å². The van der Waals surface area contributed by atoms with Gasteiger partial charge in [0.25, 0.3) is 11.8 Å². The van der Waals surface area contributed by atoms with Crippen molar-refractivity contribution in [3.05, 3.63) is 76.3 Å². The third kappa shape index (κ3) is 3.48. The summed E-state index contributed by atoms with van der Waals surface area (Å²) in [6, 6.07) is 16.1. The van der Waals surface area contributed by atoms with Gasteiger partial charge in [0.05, 0.1) is 16.1 Å². The molecule has 2 heterocycles. The Labute approximate surface area is 177 Å². The molecule has 5 rings (SSSR count). The standard InChI is InChI=1S/C23H19N3O3S/c1-26(23(28)20-7-4-12-30-20)18-6-3-2-5-16(18)21(27)24-15-10-11-19-17(13-15)25-22(29-19)14-8-9-14/h2-7,10-14H,8-9H2,1H3,(H,24,27). The molecule has 0 aliphatic heterocycles. The molecule has 30 heavy (non-hydrogen) atoms. The van der Waals surface area contributed by atoms with Crippen molar-refractivity contribution >= 4 is 45.6 Å². The second-order valence-corrected chi connectivity index (χ2v) is 8.27. The smallest absolute Gasteiger partial charge is 0.268 e. The fourth-order valence-corrected chi connectivity index (χ4v) is 4.06. The molecule has 0 radical (unpaired) electrons. The maximum Gasteiger partial charge on any atom is 0.268 e. The van der Waals surface area contributed by atoms with Crippen molar-refractivity contribution in [3.63, 3.8) is 0 Å². The average Bonchev–Trinajstić information content (AvgIpc) is 3.30. The zero-order valence-corrected chi connectivity index (χ0v) is 17.1. The van der Waals surface area contributed by atoms with E-state index in [-0.39, 0.29) is 11.8 Å². The first-order valence-corrected chi connectivity index (χ1v) is 10.6. The van der Waals surface area contributed by atoms with Gasteiger partial charge in [-0.05, 0) is 54.6 Å². The maximum atomic E-state index is 13.0. The summed E-state index contributed by atoms with van der Waals surface area (Å²) in [7, 11) is 1.68. The Balaban J connectivity index is 1.40. The molecular formula is C23H19N3O3S. The van der Waals surface area contributed by atoms with Crippen LogP contribution in [0.15, 0.2) is 64.4 Å². The summed E-state index contributed by atoms with van der Waals surface area (Å²) in [5, 5.41) is 4.77. The Morgan fingerprint density at radius 3 is 2.73 bits per heavy atom. The molecule has 1 aliphatic carbocycles. The highest BCUT2D eigenvalue weighted by atomic mass is 32.1. The minimum Gasteiger partial charge on any atom is -0.440 e. The third-order valence-corrected chi connectivity index (χ3v) is 5.99. The van der Waals surface area contributed by atoms with Crippen LogP contribution in [0.2, 0.25) is 0 Å². The Morgan fingerprint density at radius 2 is 1.97 bits per heavy atom. The quantitative estimate of drug-likeness (QED) is 0.478. The largest absolute Gasteiger partial charge is 0.440 e. The SMILES string of the molecule is CN(C(=O)c1cccs1)c1ccccc1C(=O)Nc1ccc2oc(C3CC3)nc2c1. The lowest BCUT2D eigenvalue weighted by Crippen LogP contribution is -2.28. The van der Waals surface area contributed by atoms with Crippen LogP contribution in [-0.4, -0.2) is 23.8 Å². The second-order valence-electron chi connectivity index (χ2n) is 7.32. The summed E-state index contributed by atoms with van der Waals surface area (Å²) in [4.78, 5) is 32.4. The molecule has 150 valence electrons. The molecular weight excluding hydrogens is 398 g/mol. The molecule has 0 bridgehead atoms. The summed E-state index contributed by atoms with van der Waals surface area (Å²) in [6.45, 7) is 0. The van der Waals surface area contributed by atoms with Crippen LogP contribution in [0.5, 0.6) is 0 Å². The molecule has 1 fully saturated rings. The van der Waals surface area contributed by atoms with Gasteiger partial charge in [-0.3, -0.25) is 9.59 Å². The van der Waals surface area contributed by atoms with Crippen molar-refractivity contribution in [1.29, 1.82) is 0 Å². The van der Waals surface area contributed by atoms with E-state index >= 15 is 0 Å². The molecule has 1 aliphatic rings. The van der Waals surface area contributed by atoms with Gasteiger partial charge in [-0.25, -0.2) is 4.98 Å². The molecule has 2 aromatic heterocycles. The predicted octanol–water partition coefficient (Wildman–Crippen LogP) is 5.30. The zero-order valence-electron chi connectivity index (χ0n) is 16.3.